The summed E-state index contributed by atoms with van der Waals surface area (Å²) < 4.78 is 40.3. The zero-order valence-corrected chi connectivity index (χ0v) is 17.1. The molecule has 5 heteroatoms. The SMILES string of the molecule is CC(c1cccc2ccccc12)N(c1cccc(C(F)(F)F)c1)C1CCCC(N)C1. The number of rotatable bonds is 4. The van der Waals surface area contributed by atoms with Gasteiger partial charge < -0.3 is 10.6 Å². The maximum Gasteiger partial charge on any atom is 0.416 e. The molecule has 1 saturated carbocycles. The molecule has 3 aromatic carbocycles. The second kappa shape index (κ2) is 8.31. The highest BCUT2D eigenvalue weighted by Gasteiger charge is 2.34. The van der Waals surface area contributed by atoms with Crippen molar-refractivity contribution in [3.63, 3.8) is 0 Å². The van der Waals surface area contributed by atoms with Crippen LogP contribution in [0.5, 0.6) is 0 Å². The molecule has 4 rings (SSSR count). The average molecular weight is 412 g/mol. The number of nitrogens with zero attached hydrogens (tertiary/aromatic N) is 1. The number of alkyl halides is 3. The first-order valence-electron chi connectivity index (χ1n) is 10.5. The average Bonchev–Trinajstić information content (AvgIpc) is 2.73. The van der Waals surface area contributed by atoms with Crippen LogP contribution in [0.1, 0.15) is 49.8 Å². The van der Waals surface area contributed by atoms with Crippen LogP contribution in [0.2, 0.25) is 0 Å². The van der Waals surface area contributed by atoms with Gasteiger partial charge in [0.15, 0.2) is 0 Å². The van der Waals surface area contributed by atoms with Crippen LogP contribution in [0.4, 0.5) is 18.9 Å². The second-order valence-corrected chi connectivity index (χ2v) is 8.28. The number of benzene rings is 3. The van der Waals surface area contributed by atoms with Crippen molar-refractivity contribution in [3.05, 3.63) is 77.9 Å². The fourth-order valence-electron chi connectivity index (χ4n) is 4.81. The van der Waals surface area contributed by atoms with Gasteiger partial charge in [0.05, 0.1) is 11.6 Å². The van der Waals surface area contributed by atoms with Crippen molar-refractivity contribution in [2.75, 3.05) is 4.90 Å². The van der Waals surface area contributed by atoms with Gasteiger partial charge in [-0.25, -0.2) is 0 Å². The van der Waals surface area contributed by atoms with Crippen LogP contribution in [0.25, 0.3) is 10.8 Å². The predicted octanol–water partition coefficient (Wildman–Crippen LogP) is 6.70. The van der Waals surface area contributed by atoms with Gasteiger partial charge in [-0.15, -0.1) is 0 Å². The molecular weight excluding hydrogens is 385 g/mol. The molecule has 1 aliphatic rings. The lowest BCUT2D eigenvalue weighted by Gasteiger charge is -2.42. The van der Waals surface area contributed by atoms with E-state index in [0.717, 1.165) is 48.1 Å². The van der Waals surface area contributed by atoms with Gasteiger partial charge in [-0.1, -0.05) is 48.5 Å². The first kappa shape index (κ1) is 20.7. The summed E-state index contributed by atoms with van der Waals surface area (Å²) in [5, 5.41) is 2.26. The minimum absolute atomic E-state index is 0.0803. The largest absolute Gasteiger partial charge is 0.416 e. The van der Waals surface area contributed by atoms with Gasteiger partial charge in [0, 0.05) is 17.8 Å². The summed E-state index contributed by atoms with van der Waals surface area (Å²) in [5.41, 5.74) is 7.36. The van der Waals surface area contributed by atoms with Gasteiger partial charge in [-0.3, -0.25) is 0 Å². The van der Waals surface area contributed by atoms with E-state index in [-0.39, 0.29) is 18.1 Å². The summed E-state index contributed by atoms with van der Waals surface area (Å²) >= 11 is 0. The number of anilines is 1. The fourth-order valence-corrected chi connectivity index (χ4v) is 4.81. The summed E-state index contributed by atoms with van der Waals surface area (Å²) in [6.45, 7) is 2.09. The van der Waals surface area contributed by atoms with Crippen LogP contribution in [0.3, 0.4) is 0 Å². The minimum Gasteiger partial charge on any atom is -0.362 e. The summed E-state index contributed by atoms with van der Waals surface area (Å²) in [6, 6.07) is 20.1. The van der Waals surface area contributed by atoms with Crippen LogP contribution in [-0.2, 0) is 6.18 Å². The van der Waals surface area contributed by atoms with Crippen LogP contribution < -0.4 is 10.6 Å². The zero-order chi connectivity index (χ0) is 21.3. The summed E-state index contributed by atoms with van der Waals surface area (Å²) in [5.74, 6) is 0. The molecule has 0 aliphatic heterocycles. The van der Waals surface area contributed by atoms with Crippen molar-refractivity contribution >= 4 is 16.5 Å². The summed E-state index contributed by atoms with van der Waals surface area (Å²) in [7, 11) is 0. The molecule has 158 valence electrons. The van der Waals surface area contributed by atoms with Crippen LogP contribution in [0.15, 0.2) is 66.7 Å². The van der Waals surface area contributed by atoms with Crippen molar-refractivity contribution in [2.24, 2.45) is 5.73 Å². The van der Waals surface area contributed by atoms with Crippen molar-refractivity contribution < 1.29 is 13.2 Å². The molecule has 0 saturated heterocycles. The van der Waals surface area contributed by atoms with E-state index in [9.17, 15) is 13.2 Å². The van der Waals surface area contributed by atoms with Gasteiger partial charge in [-0.2, -0.15) is 13.2 Å². The minimum atomic E-state index is -4.37. The number of nitrogens with two attached hydrogens (primary N) is 1. The normalized spacial score (nSPS) is 20.8. The lowest BCUT2D eigenvalue weighted by Crippen LogP contribution is -2.44. The number of fused-ring (bicyclic) bond motifs is 1. The number of hydrogen-bond acceptors (Lipinski definition) is 2. The number of halogens is 3. The molecular formula is C25H27F3N2. The first-order valence-corrected chi connectivity index (χ1v) is 10.5. The molecule has 1 fully saturated rings. The highest BCUT2D eigenvalue weighted by molar-refractivity contribution is 5.86. The second-order valence-electron chi connectivity index (χ2n) is 8.28. The van der Waals surface area contributed by atoms with Crippen molar-refractivity contribution in [3.8, 4) is 0 Å². The van der Waals surface area contributed by atoms with E-state index in [4.69, 9.17) is 5.73 Å². The van der Waals surface area contributed by atoms with Crippen LogP contribution in [0, 0.1) is 0 Å². The Morgan fingerprint density at radius 2 is 1.70 bits per heavy atom. The maximum atomic E-state index is 13.4. The Morgan fingerprint density at radius 3 is 2.47 bits per heavy atom. The quantitative estimate of drug-likeness (QED) is 0.517. The zero-order valence-electron chi connectivity index (χ0n) is 17.1. The van der Waals surface area contributed by atoms with Gasteiger partial charge in [-0.05, 0) is 67.1 Å². The molecule has 0 aromatic heterocycles. The Kier molecular flexibility index (Phi) is 5.74. The maximum absolute atomic E-state index is 13.4. The fraction of sp³-hybridized carbons (Fsp3) is 0.360. The lowest BCUT2D eigenvalue weighted by atomic mass is 9.88. The van der Waals surface area contributed by atoms with E-state index in [1.807, 2.05) is 18.2 Å². The smallest absolute Gasteiger partial charge is 0.362 e. The van der Waals surface area contributed by atoms with Gasteiger partial charge in [0.1, 0.15) is 0 Å². The van der Waals surface area contributed by atoms with Crippen LogP contribution in [-0.4, -0.2) is 12.1 Å². The predicted molar refractivity (Wildman–Crippen MR) is 117 cm³/mol. The Morgan fingerprint density at radius 1 is 0.967 bits per heavy atom. The number of hydrogen-bond donors (Lipinski definition) is 1. The van der Waals surface area contributed by atoms with Gasteiger partial charge in [0.25, 0.3) is 0 Å². The molecule has 30 heavy (non-hydrogen) atoms. The van der Waals surface area contributed by atoms with E-state index in [2.05, 4.69) is 36.1 Å². The third-order valence-corrected chi connectivity index (χ3v) is 6.24. The molecule has 0 bridgehead atoms. The highest BCUT2D eigenvalue weighted by atomic mass is 19.4. The van der Waals surface area contributed by atoms with Crippen LogP contribution >= 0.6 is 0 Å². The van der Waals surface area contributed by atoms with Crippen molar-refractivity contribution in [1.82, 2.24) is 0 Å². The molecule has 3 unspecified atom stereocenters. The molecule has 0 radical (unpaired) electrons. The standard InChI is InChI=1S/C25H27F3N2/c1-17(23-14-4-8-18-7-2-3-13-24(18)23)30(22-12-6-10-20(29)16-22)21-11-5-9-19(15-21)25(26,27)28/h2-5,7-9,11,13-15,17,20,22H,6,10,12,16,29H2,1H3. The molecule has 0 amide bonds. The third-order valence-electron chi connectivity index (χ3n) is 6.24. The first-order chi connectivity index (χ1) is 14.3. The molecule has 1 aliphatic carbocycles. The molecule has 0 heterocycles. The Balaban J connectivity index is 1.81. The summed E-state index contributed by atoms with van der Waals surface area (Å²) in [6.07, 6.45) is -0.698. The third kappa shape index (κ3) is 4.17. The monoisotopic (exact) mass is 412 g/mol. The molecule has 2 nitrogen and oxygen atoms in total. The lowest BCUT2D eigenvalue weighted by molar-refractivity contribution is -0.137. The van der Waals surface area contributed by atoms with Crippen molar-refractivity contribution in [2.45, 2.75) is 56.9 Å². The molecule has 3 aromatic rings. The molecule has 3 atom stereocenters. The highest BCUT2D eigenvalue weighted by Crippen LogP contribution is 2.39. The van der Waals surface area contributed by atoms with E-state index >= 15 is 0 Å². The molecule has 2 N–H and O–H groups in total. The topological polar surface area (TPSA) is 29.3 Å². The Bertz CT molecular complexity index is 1010. The van der Waals surface area contributed by atoms with E-state index < -0.39 is 11.7 Å². The Labute approximate surface area is 175 Å². The van der Waals surface area contributed by atoms with Crippen molar-refractivity contribution in [1.29, 1.82) is 0 Å². The van der Waals surface area contributed by atoms with Gasteiger partial charge in [0.2, 0.25) is 0 Å². The van der Waals surface area contributed by atoms with E-state index in [0.29, 0.717) is 5.69 Å². The summed E-state index contributed by atoms with van der Waals surface area (Å²) in [4.78, 5) is 2.16. The van der Waals surface area contributed by atoms with Gasteiger partial charge >= 0.3 is 6.18 Å². The van der Waals surface area contributed by atoms with E-state index in [1.54, 1.807) is 6.07 Å². The van der Waals surface area contributed by atoms with E-state index in [1.165, 1.54) is 12.1 Å². The molecule has 0 spiro atoms. The Hall–Kier alpha value is -2.53.